The predicted octanol–water partition coefficient (Wildman–Crippen LogP) is 2.42. The lowest BCUT2D eigenvalue weighted by atomic mass is 9.99. The van der Waals surface area contributed by atoms with E-state index in [0.29, 0.717) is 12.8 Å². The first-order valence-corrected chi connectivity index (χ1v) is 16.0. The Morgan fingerprint density at radius 3 is 2.22 bits per heavy atom. The Bertz CT molecular complexity index is 1180. The molecule has 1 saturated heterocycles. The number of ether oxygens (including phenoxy) is 1. The van der Waals surface area contributed by atoms with Crippen LogP contribution in [-0.2, 0) is 45.0 Å². The van der Waals surface area contributed by atoms with Crippen LogP contribution < -0.4 is 0 Å². The third-order valence-electron chi connectivity index (χ3n) is 5.24. The van der Waals surface area contributed by atoms with Gasteiger partial charge in [-0.1, -0.05) is 25.7 Å². The van der Waals surface area contributed by atoms with Crippen LogP contribution in [0.1, 0.15) is 13.3 Å². The van der Waals surface area contributed by atoms with Gasteiger partial charge in [0.25, 0.3) is 0 Å². The van der Waals surface area contributed by atoms with Gasteiger partial charge < -0.3 is 34.3 Å². The largest absolute Gasteiger partial charge is 0.490 e. The Morgan fingerprint density at radius 1 is 1.03 bits per heavy atom. The van der Waals surface area contributed by atoms with Crippen molar-refractivity contribution >= 4 is 31.3 Å². The highest BCUT2D eigenvalue weighted by Gasteiger charge is 2.48. The normalized spacial score (nSPS) is 32.6. The Labute approximate surface area is 205 Å². The van der Waals surface area contributed by atoms with E-state index < -0.39 is 62.3 Å². The van der Waals surface area contributed by atoms with Crippen LogP contribution in [0.4, 0.5) is 0 Å². The second-order valence-electron chi connectivity index (χ2n) is 7.73. The maximum atomic E-state index is 12.1. The molecule has 2 heterocycles. The maximum Gasteiger partial charge on any atom is 0.490 e. The average Bonchev–Trinajstić information content (AvgIpc) is 3.31. The second-order valence-corrected chi connectivity index (χ2v) is 14.1. The summed E-state index contributed by atoms with van der Waals surface area (Å²) in [7, 11) is -21.7. The maximum absolute atomic E-state index is 12.1. The average molecular weight is 595 g/mol. The zero-order chi connectivity index (χ0) is 27.1. The minimum atomic E-state index is -5.88. The number of aliphatic hydroxyl groups is 1. The molecule has 0 aromatic heterocycles. The van der Waals surface area contributed by atoms with Crippen molar-refractivity contribution in [2.75, 3.05) is 13.7 Å². The summed E-state index contributed by atoms with van der Waals surface area (Å²) in [5.41, 5.74) is 2.60. The van der Waals surface area contributed by atoms with E-state index in [0.717, 1.165) is 17.6 Å². The molecule has 0 spiro atoms. The molecule has 204 valence electrons. The fraction of sp³-hybridized carbons (Fsp3) is 0.500. The zero-order valence-electron chi connectivity index (χ0n) is 18.8. The first kappa shape index (κ1) is 29.8. The summed E-state index contributed by atoms with van der Waals surface area (Å²) in [4.78, 5) is 39.3. The van der Waals surface area contributed by atoms with Gasteiger partial charge in [-0.3, -0.25) is 9.05 Å². The van der Waals surface area contributed by atoms with Crippen LogP contribution in [0.2, 0.25) is 0 Å². The molecule has 20 heteroatoms. The van der Waals surface area contributed by atoms with Crippen molar-refractivity contribution in [2.24, 2.45) is 5.92 Å². The standard InChI is InChI=1S/C16H25NO15P4/c1-10-15(18)14(29-16(10)17-8-7-12-5-4-6-13(12)11(17)2)9-28-34(21,22)31-36(25,26)32-35(23,24)30-33(19,20)27-3/h4,6-8,10,14-16,18H,2,5,9H2,1,3H3,(H,19,20)(H,21,22)(H,23,24)(H,25,26)/t10?,14-,15-,16-/m1/s1. The van der Waals surface area contributed by atoms with Gasteiger partial charge in [0, 0.05) is 30.5 Å². The molecule has 36 heavy (non-hydrogen) atoms. The fourth-order valence-electron chi connectivity index (χ4n) is 3.59. The second kappa shape index (κ2) is 10.8. The Balaban J connectivity index is 1.59. The van der Waals surface area contributed by atoms with Gasteiger partial charge in [-0.05, 0) is 18.1 Å². The quantitative estimate of drug-likeness (QED) is 0.216. The minimum absolute atomic E-state index is 0.536. The zero-order valence-corrected chi connectivity index (χ0v) is 22.4. The van der Waals surface area contributed by atoms with Crippen LogP contribution in [0.15, 0.2) is 47.9 Å². The van der Waals surface area contributed by atoms with E-state index in [1.807, 2.05) is 18.2 Å². The molecule has 1 fully saturated rings. The topological polar surface area (TPSA) is 228 Å². The highest BCUT2D eigenvalue weighted by Crippen LogP contribution is 2.71. The van der Waals surface area contributed by atoms with Crippen molar-refractivity contribution in [1.82, 2.24) is 4.90 Å². The van der Waals surface area contributed by atoms with Crippen molar-refractivity contribution in [3.05, 3.63) is 47.9 Å². The van der Waals surface area contributed by atoms with E-state index in [4.69, 9.17) is 9.63 Å². The Kier molecular flexibility index (Phi) is 8.92. The monoisotopic (exact) mass is 595 g/mol. The van der Waals surface area contributed by atoms with E-state index in [2.05, 4.69) is 28.6 Å². The Morgan fingerprint density at radius 2 is 1.61 bits per heavy atom. The molecule has 5 unspecified atom stereocenters. The number of phosphoric acid groups is 4. The summed E-state index contributed by atoms with van der Waals surface area (Å²) in [6, 6.07) is 0. The van der Waals surface area contributed by atoms with Crippen LogP contribution in [0.3, 0.4) is 0 Å². The van der Waals surface area contributed by atoms with Crippen molar-refractivity contribution in [3.63, 3.8) is 0 Å². The van der Waals surface area contributed by atoms with E-state index in [-0.39, 0.29) is 0 Å². The van der Waals surface area contributed by atoms with Crippen molar-refractivity contribution < 1.29 is 69.7 Å². The molecule has 0 bridgehead atoms. The molecule has 1 aliphatic carbocycles. The lowest BCUT2D eigenvalue weighted by Crippen LogP contribution is -2.36. The lowest BCUT2D eigenvalue weighted by molar-refractivity contribution is -0.0574. The first-order valence-electron chi connectivity index (χ1n) is 10.0. The summed E-state index contributed by atoms with van der Waals surface area (Å²) in [5, 5.41) is 10.5. The van der Waals surface area contributed by atoms with Crippen molar-refractivity contribution in [2.45, 2.75) is 31.8 Å². The van der Waals surface area contributed by atoms with Gasteiger partial charge in [0.2, 0.25) is 0 Å². The van der Waals surface area contributed by atoms with Crippen LogP contribution in [0.25, 0.3) is 0 Å². The number of rotatable bonds is 11. The number of aliphatic hydroxyl groups excluding tert-OH is 1. The van der Waals surface area contributed by atoms with E-state index in [1.165, 1.54) is 0 Å². The van der Waals surface area contributed by atoms with Crippen molar-refractivity contribution in [3.8, 4) is 0 Å². The molecule has 0 aromatic carbocycles. The Hall–Kier alpha value is -0.760. The van der Waals surface area contributed by atoms with Gasteiger partial charge in [-0.25, -0.2) is 18.3 Å². The molecular formula is C16H25NO15P4. The summed E-state index contributed by atoms with van der Waals surface area (Å²) in [5.74, 6) is -0.536. The van der Waals surface area contributed by atoms with Crippen LogP contribution in [0.5, 0.6) is 0 Å². The number of phosphoric ester groups is 2. The van der Waals surface area contributed by atoms with Gasteiger partial charge in [0.1, 0.15) is 12.3 Å². The van der Waals surface area contributed by atoms with Gasteiger partial charge in [0.05, 0.1) is 12.7 Å². The predicted molar refractivity (Wildman–Crippen MR) is 120 cm³/mol. The first-order chi connectivity index (χ1) is 16.5. The van der Waals surface area contributed by atoms with Gasteiger partial charge in [-0.15, -0.1) is 0 Å². The summed E-state index contributed by atoms with van der Waals surface area (Å²) >= 11 is 0. The van der Waals surface area contributed by atoms with E-state index in [9.17, 15) is 38.0 Å². The van der Waals surface area contributed by atoms with E-state index in [1.54, 1.807) is 18.0 Å². The SMILES string of the molecule is C=C1C2=C(C=CN1[C@@H]1O[C@H](COP(=O)(O)OP(=O)(O)OP(=O)(O)OP(=O)(O)OC)[C@H](O)C1C)CC=C2. The lowest BCUT2D eigenvalue weighted by Gasteiger charge is -2.34. The highest BCUT2D eigenvalue weighted by molar-refractivity contribution is 7.69. The molecule has 3 aliphatic rings. The number of hydrogen-bond donors (Lipinski definition) is 5. The van der Waals surface area contributed by atoms with E-state index >= 15 is 0 Å². The summed E-state index contributed by atoms with van der Waals surface area (Å²) in [6.07, 6.45) is 5.10. The number of allylic oxidation sites excluding steroid dienone is 4. The fourth-order valence-corrected chi connectivity index (χ4v) is 8.29. The molecule has 0 radical (unpaired) electrons. The molecule has 16 nitrogen and oxygen atoms in total. The molecule has 3 rings (SSSR count). The molecule has 0 aromatic rings. The smallest absolute Gasteiger partial charge is 0.390 e. The summed E-state index contributed by atoms with van der Waals surface area (Å²) in [6.45, 7) is 4.90. The summed E-state index contributed by atoms with van der Waals surface area (Å²) < 4.78 is 72.3. The third-order valence-corrected chi connectivity index (χ3v) is 11.1. The van der Waals surface area contributed by atoms with Gasteiger partial charge >= 0.3 is 31.3 Å². The molecule has 0 saturated carbocycles. The van der Waals surface area contributed by atoms with Crippen LogP contribution in [-0.4, -0.2) is 61.7 Å². The number of nitrogens with zero attached hydrogens (tertiary/aromatic N) is 1. The van der Waals surface area contributed by atoms with Gasteiger partial charge in [-0.2, -0.15) is 12.9 Å². The van der Waals surface area contributed by atoms with Gasteiger partial charge in [0.15, 0.2) is 0 Å². The molecule has 5 N–H and O–H groups in total. The minimum Gasteiger partial charge on any atom is -0.390 e. The third kappa shape index (κ3) is 7.21. The molecule has 0 amide bonds. The van der Waals surface area contributed by atoms with Crippen LogP contribution >= 0.6 is 31.3 Å². The van der Waals surface area contributed by atoms with Crippen LogP contribution in [0, 0.1) is 5.92 Å². The molecular weight excluding hydrogens is 570 g/mol. The molecule has 8 atom stereocenters. The highest BCUT2D eigenvalue weighted by atomic mass is 31.3. The van der Waals surface area contributed by atoms with Crippen molar-refractivity contribution in [1.29, 1.82) is 0 Å². The molecule has 2 aliphatic heterocycles. The number of hydrogen-bond acceptors (Lipinski definition) is 12.